The molecule has 2 aromatic rings. The number of urea groups is 1. The summed E-state index contributed by atoms with van der Waals surface area (Å²) in [5.41, 5.74) is 1.42. The number of amides is 2. The summed E-state index contributed by atoms with van der Waals surface area (Å²) in [6.45, 7) is 6.10. The lowest BCUT2D eigenvalue weighted by Gasteiger charge is -2.21. The fraction of sp³-hybridized carbons (Fsp3) is 0.412. The predicted octanol–water partition coefficient (Wildman–Crippen LogP) is 3.42. The van der Waals surface area contributed by atoms with Crippen LogP contribution in [-0.2, 0) is 6.54 Å². The molecule has 1 aromatic carbocycles. The van der Waals surface area contributed by atoms with E-state index in [2.05, 4.69) is 10.5 Å². The van der Waals surface area contributed by atoms with Crippen LogP contribution in [0.25, 0.3) is 0 Å². The van der Waals surface area contributed by atoms with Crippen molar-refractivity contribution in [1.82, 2.24) is 15.4 Å². The standard InChI is InChI=1S/C17H22FN3O3/c1-5-23-16-7-6-13(9-15(16)18)12(3)19-17(22)21(4)10-14-8-11(2)20-24-14/h6-9,12H,5,10H2,1-4H3,(H,19,22)/t12-/m0/s1. The number of rotatable bonds is 6. The Morgan fingerprint density at radius 2 is 2.21 bits per heavy atom. The van der Waals surface area contributed by atoms with E-state index in [9.17, 15) is 9.18 Å². The van der Waals surface area contributed by atoms with E-state index in [1.165, 1.54) is 11.0 Å². The molecule has 0 spiro atoms. The fourth-order valence-electron chi connectivity index (χ4n) is 2.23. The second kappa shape index (κ2) is 7.81. The van der Waals surface area contributed by atoms with Gasteiger partial charge in [-0.25, -0.2) is 9.18 Å². The van der Waals surface area contributed by atoms with Gasteiger partial charge >= 0.3 is 6.03 Å². The maximum absolute atomic E-state index is 13.9. The first-order valence-electron chi connectivity index (χ1n) is 7.76. The van der Waals surface area contributed by atoms with Crippen LogP contribution in [0, 0.1) is 12.7 Å². The van der Waals surface area contributed by atoms with Gasteiger partial charge in [0.15, 0.2) is 17.3 Å². The molecule has 1 aromatic heterocycles. The molecule has 2 amide bonds. The largest absolute Gasteiger partial charge is 0.491 e. The zero-order valence-corrected chi connectivity index (χ0v) is 14.3. The Morgan fingerprint density at radius 1 is 1.46 bits per heavy atom. The molecule has 6 nitrogen and oxygen atoms in total. The van der Waals surface area contributed by atoms with Crippen LogP contribution < -0.4 is 10.1 Å². The summed E-state index contributed by atoms with van der Waals surface area (Å²) < 4.78 is 24.2. The molecule has 0 aliphatic heterocycles. The smallest absolute Gasteiger partial charge is 0.318 e. The van der Waals surface area contributed by atoms with Crippen molar-refractivity contribution in [2.24, 2.45) is 0 Å². The van der Waals surface area contributed by atoms with Crippen molar-refractivity contribution >= 4 is 6.03 Å². The molecular formula is C17H22FN3O3. The van der Waals surface area contributed by atoms with Crippen molar-refractivity contribution < 1.29 is 18.4 Å². The van der Waals surface area contributed by atoms with Crippen molar-refractivity contribution in [3.05, 3.63) is 47.1 Å². The summed E-state index contributed by atoms with van der Waals surface area (Å²) in [4.78, 5) is 13.7. The van der Waals surface area contributed by atoms with Crippen LogP contribution in [0.2, 0.25) is 0 Å². The van der Waals surface area contributed by atoms with E-state index in [-0.39, 0.29) is 17.8 Å². The lowest BCUT2D eigenvalue weighted by molar-refractivity contribution is 0.197. The summed E-state index contributed by atoms with van der Waals surface area (Å²) in [5.74, 6) is 0.364. The van der Waals surface area contributed by atoms with Crippen molar-refractivity contribution in [1.29, 1.82) is 0 Å². The quantitative estimate of drug-likeness (QED) is 0.878. The summed E-state index contributed by atoms with van der Waals surface area (Å²) in [7, 11) is 1.65. The molecule has 0 fully saturated rings. The SMILES string of the molecule is CCOc1ccc([C@H](C)NC(=O)N(C)Cc2cc(C)no2)cc1F. The number of nitrogens with zero attached hydrogens (tertiary/aromatic N) is 2. The number of nitrogens with one attached hydrogen (secondary N) is 1. The van der Waals surface area contributed by atoms with Gasteiger partial charge in [0.2, 0.25) is 0 Å². The molecular weight excluding hydrogens is 313 g/mol. The third kappa shape index (κ3) is 4.47. The Hall–Kier alpha value is -2.57. The number of benzene rings is 1. The maximum Gasteiger partial charge on any atom is 0.318 e. The number of aromatic nitrogens is 1. The highest BCUT2D eigenvalue weighted by atomic mass is 19.1. The molecule has 0 aliphatic carbocycles. The summed E-state index contributed by atoms with van der Waals surface area (Å²) in [6, 6.07) is 5.81. The Bertz CT molecular complexity index is 702. The summed E-state index contributed by atoms with van der Waals surface area (Å²) >= 11 is 0. The van der Waals surface area contributed by atoms with Gasteiger partial charge in [0.1, 0.15) is 0 Å². The first kappa shape index (κ1) is 17.8. The van der Waals surface area contributed by atoms with Gasteiger partial charge < -0.3 is 19.5 Å². The molecule has 1 N–H and O–H groups in total. The first-order valence-corrected chi connectivity index (χ1v) is 7.76. The molecule has 2 rings (SSSR count). The van der Waals surface area contributed by atoms with Gasteiger partial charge in [-0.15, -0.1) is 0 Å². The molecule has 0 aliphatic rings. The van der Waals surface area contributed by atoms with Crippen molar-refractivity contribution in [2.75, 3.05) is 13.7 Å². The highest BCUT2D eigenvalue weighted by molar-refractivity contribution is 5.74. The van der Waals surface area contributed by atoms with E-state index in [0.29, 0.717) is 24.5 Å². The van der Waals surface area contributed by atoms with Gasteiger partial charge in [0.25, 0.3) is 0 Å². The fourth-order valence-corrected chi connectivity index (χ4v) is 2.23. The minimum atomic E-state index is -0.444. The Kier molecular flexibility index (Phi) is 5.78. The Balaban J connectivity index is 1.96. The van der Waals surface area contributed by atoms with E-state index in [0.717, 1.165) is 5.69 Å². The minimum absolute atomic E-state index is 0.206. The Morgan fingerprint density at radius 3 is 2.79 bits per heavy atom. The normalized spacial score (nSPS) is 11.9. The van der Waals surface area contributed by atoms with E-state index in [1.807, 2.05) is 6.92 Å². The van der Waals surface area contributed by atoms with Crippen molar-refractivity contribution in [3.8, 4) is 5.75 Å². The number of carbonyl (C=O) groups excluding carboxylic acids is 1. The molecule has 1 heterocycles. The third-order valence-corrected chi connectivity index (χ3v) is 3.51. The van der Waals surface area contributed by atoms with E-state index < -0.39 is 5.82 Å². The highest BCUT2D eigenvalue weighted by Gasteiger charge is 2.16. The molecule has 130 valence electrons. The molecule has 0 bridgehead atoms. The van der Waals surface area contributed by atoms with Gasteiger partial charge in [-0.05, 0) is 38.5 Å². The minimum Gasteiger partial charge on any atom is -0.491 e. The predicted molar refractivity (Wildman–Crippen MR) is 87.2 cm³/mol. The first-order chi connectivity index (χ1) is 11.4. The topological polar surface area (TPSA) is 67.6 Å². The van der Waals surface area contributed by atoms with Gasteiger partial charge in [0.05, 0.1) is 24.9 Å². The molecule has 24 heavy (non-hydrogen) atoms. The van der Waals surface area contributed by atoms with Gasteiger partial charge in [-0.2, -0.15) is 0 Å². The molecule has 0 saturated heterocycles. The summed E-state index contributed by atoms with van der Waals surface area (Å²) in [6.07, 6.45) is 0. The number of halogens is 1. The van der Waals surface area contributed by atoms with Crippen LogP contribution in [0.15, 0.2) is 28.8 Å². The third-order valence-electron chi connectivity index (χ3n) is 3.51. The zero-order chi connectivity index (χ0) is 17.7. The van der Waals surface area contributed by atoms with E-state index in [4.69, 9.17) is 9.26 Å². The average Bonchev–Trinajstić information content (AvgIpc) is 2.94. The van der Waals surface area contributed by atoms with Crippen LogP contribution in [0.3, 0.4) is 0 Å². The second-order valence-corrected chi connectivity index (χ2v) is 5.58. The van der Waals surface area contributed by atoms with Crippen molar-refractivity contribution in [3.63, 3.8) is 0 Å². The molecule has 1 atom stereocenters. The number of aryl methyl sites for hydroxylation is 1. The van der Waals surface area contributed by atoms with Crippen LogP contribution in [0.1, 0.15) is 36.9 Å². The lowest BCUT2D eigenvalue weighted by Crippen LogP contribution is -2.38. The molecule has 0 radical (unpaired) electrons. The number of hydrogen-bond acceptors (Lipinski definition) is 4. The van der Waals surface area contributed by atoms with Gasteiger partial charge in [-0.3, -0.25) is 0 Å². The van der Waals surface area contributed by atoms with Crippen molar-refractivity contribution in [2.45, 2.75) is 33.4 Å². The lowest BCUT2D eigenvalue weighted by atomic mass is 10.1. The molecule has 0 unspecified atom stereocenters. The zero-order valence-electron chi connectivity index (χ0n) is 14.3. The molecule has 0 saturated carbocycles. The Labute approximate surface area is 140 Å². The van der Waals surface area contributed by atoms with Crippen LogP contribution in [0.4, 0.5) is 9.18 Å². The van der Waals surface area contributed by atoms with Crippen LogP contribution in [-0.4, -0.2) is 29.7 Å². The van der Waals surface area contributed by atoms with Gasteiger partial charge in [0, 0.05) is 13.1 Å². The van der Waals surface area contributed by atoms with Crippen LogP contribution >= 0.6 is 0 Å². The second-order valence-electron chi connectivity index (χ2n) is 5.58. The van der Waals surface area contributed by atoms with Crippen LogP contribution in [0.5, 0.6) is 5.75 Å². The maximum atomic E-state index is 13.9. The average molecular weight is 335 g/mol. The molecule has 7 heteroatoms. The van der Waals surface area contributed by atoms with E-state index >= 15 is 0 Å². The number of ether oxygens (including phenoxy) is 1. The summed E-state index contributed by atoms with van der Waals surface area (Å²) in [5, 5.41) is 6.60. The monoisotopic (exact) mass is 335 g/mol. The van der Waals surface area contributed by atoms with Gasteiger partial charge in [-0.1, -0.05) is 11.2 Å². The number of carbonyl (C=O) groups is 1. The highest BCUT2D eigenvalue weighted by Crippen LogP contribution is 2.22. The number of hydrogen-bond donors (Lipinski definition) is 1. The van der Waals surface area contributed by atoms with E-state index in [1.54, 1.807) is 39.1 Å².